The first-order valence-corrected chi connectivity index (χ1v) is 11.7. The summed E-state index contributed by atoms with van der Waals surface area (Å²) in [4.78, 5) is 37.0. The Bertz CT molecular complexity index is 1120. The molecule has 176 valence electrons. The molecular weight excluding hydrogens is 432 g/mol. The first-order valence-electron chi connectivity index (χ1n) is 11.7. The molecule has 7 nitrogen and oxygen atoms in total. The Morgan fingerprint density at radius 2 is 1.74 bits per heavy atom. The van der Waals surface area contributed by atoms with Gasteiger partial charge in [-0.3, -0.25) is 9.59 Å². The third-order valence-corrected chi connectivity index (χ3v) is 7.54. The van der Waals surface area contributed by atoms with Crippen LogP contribution >= 0.6 is 0 Å². The molecule has 2 aromatic carbocycles. The van der Waals surface area contributed by atoms with Crippen LogP contribution in [0.25, 0.3) is 11.1 Å². The summed E-state index contributed by atoms with van der Waals surface area (Å²) in [6.07, 6.45) is 2.92. The maximum Gasteiger partial charge on any atom is 0.407 e. The summed E-state index contributed by atoms with van der Waals surface area (Å²) < 4.78 is 5.57. The molecule has 1 unspecified atom stereocenters. The highest BCUT2D eigenvalue weighted by atomic mass is 16.5. The zero-order valence-corrected chi connectivity index (χ0v) is 18.8. The minimum absolute atomic E-state index is 0.0674. The van der Waals surface area contributed by atoms with E-state index < -0.39 is 23.5 Å². The number of fused-ring (bicyclic) bond motifs is 4. The molecule has 0 heterocycles. The SMILES string of the molecule is C=CCC(NC(=O)OCC1c2ccccc2-c2ccccc21)C(=O)N[C@H]1C[C@@H]2C[C@]2(C(=O)O)C1. The van der Waals surface area contributed by atoms with Gasteiger partial charge in [0.25, 0.3) is 0 Å². The molecule has 34 heavy (non-hydrogen) atoms. The third-order valence-electron chi connectivity index (χ3n) is 7.54. The molecule has 5 rings (SSSR count). The lowest BCUT2D eigenvalue weighted by molar-refractivity contribution is -0.143. The van der Waals surface area contributed by atoms with Crippen molar-refractivity contribution in [3.63, 3.8) is 0 Å². The number of amides is 2. The number of ether oxygens (including phenoxy) is 1. The van der Waals surface area contributed by atoms with E-state index in [1.165, 1.54) is 0 Å². The number of carbonyl (C=O) groups excluding carboxylic acids is 2. The Balaban J connectivity index is 1.19. The number of carboxylic acid groups (broad SMARTS) is 1. The molecule has 0 aromatic heterocycles. The lowest BCUT2D eigenvalue weighted by Crippen LogP contribution is -2.49. The van der Waals surface area contributed by atoms with Gasteiger partial charge in [0.1, 0.15) is 12.6 Å². The van der Waals surface area contributed by atoms with E-state index in [2.05, 4.69) is 29.3 Å². The van der Waals surface area contributed by atoms with E-state index in [9.17, 15) is 19.5 Å². The molecule has 2 amide bonds. The average molecular weight is 461 g/mol. The van der Waals surface area contributed by atoms with Gasteiger partial charge in [0.2, 0.25) is 5.91 Å². The standard InChI is InChI=1S/C27H28N2O5/c1-2-7-23(24(30)28-17-12-16-13-27(16,14-17)25(31)32)29-26(33)34-15-22-20-10-5-3-8-18(20)19-9-4-6-11-21(19)22/h2-6,8-11,16-17,22-23H,1,7,12-15H2,(H,28,30)(H,29,33)(H,31,32)/t16-,17+,23?,27+/m1/s1. The fraction of sp³-hybridized carbons (Fsp3) is 0.370. The predicted molar refractivity (Wildman–Crippen MR) is 126 cm³/mol. The molecule has 7 heteroatoms. The number of carboxylic acids is 1. The van der Waals surface area contributed by atoms with Crippen molar-refractivity contribution in [2.45, 2.75) is 43.7 Å². The number of aliphatic carboxylic acids is 1. The van der Waals surface area contributed by atoms with Crippen LogP contribution in [0.15, 0.2) is 61.2 Å². The van der Waals surface area contributed by atoms with E-state index in [1.54, 1.807) is 6.08 Å². The second kappa shape index (κ2) is 8.63. The van der Waals surface area contributed by atoms with Crippen molar-refractivity contribution in [1.82, 2.24) is 10.6 Å². The Hall–Kier alpha value is -3.61. The molecular formula is C27H28N2O5. The second-order valence-electron chi connectivity index (χ2n) is 9.55. The van der Waals surface area contributed by atoms with Gasteiger partial charge in [-0.05, 0) is 53.9 Å². The van der Waals surface area contributed by atoms with Gasteiger partial charge in [0.05, 0.1) is 5.41 Å². The maximum atomic E-state index is 12.8. The summed E-state index contributed by atoms with van der Waals surface area (Å²) in [6, 6.07) is 15.2. The van der Waals surface area contributed by atoms with Crippen molar-refractivity contribution in [3.8, 4) is 11.1 Å². The van der Waals surface area contributed by atoms with E-state index in [1.807, 2.05) is 36.4 Å². The van der Waals surface area contributed by atoms with E-state index in [0.29, 0.717) is 19.3 Å². The van der Waals surface area contributed by atoms with Crippen molar-refractivity contribution in [2.24, 2.45) is 11.3 Å². The van der Waals surface area contributed by atoms with Crippen molar-refractivity contribution < 1.29 is 24.2 Å². The number of alkyl carbamates (subject to hydrolysis) is 1. The van der Waals surface area contributed by atoms with Crippen molar-refractivity contribution in [2.75, 3.05) is 6.61 Å². The van der Waals surface area contributed by atoms with Gasteiger partial charge in [-0.1, -0.05) is 54.6 Å². The number of carbonyl (C=O) groups is 3. The Morgan fingerprint density at radius 1 is 1.09 bits per heavy atom. The van der Waals surface area contributed by atoms with E-state index in [-0.39, 0.29) is 36.8 Å². The largest absolute Gasteiger partial charge is 0.481 e. The van der Waals surface area contributed by atoms with Crippen LogP contribution in [0.5, 0.6) is 0 Å². The zero-order chi connectivity index (χ0) is 23.9. The number of hydrogen-bond acceptors (Lipinski definition) is 4. The maximum absolute atomic E-state index is 12.8. The van der Waals surface area contributed by atoms with Crippen LogP contribution in [0, 0.1) is 11.3 Å². The van der Waals surface area contributed by atoms with Gasteiger partial charge >= 0.3 is 12.1 Å². The highest BCUT2D eigenvalue weighted by molar-refractivity contribution is 5.86. The molecule has 0 bridgehead atoms. The summed E-state index contributed by atoms with van der Waals surface area (Å²) in [5, 5.41) is 15.0. The topological polar surface area (TPSA) is 105 Å². The average Bonchev–Trinajstić information content (AvgIpc) is 3.26. The Labute approximate surface area is 198 Å². The smallest absolute Gasteiger partial charge is 0.407 e. The van der Waals surface area contributed by atoms with Gasteiger partial charge < -0.3 is 20.5 Å². The molecule has 0 aliphatic heterocycles. The van der Waals surface area contributed by atoms with Gasteiger partial charge in [-0.15, -0.1) is 6.58 Å². The third kappa shape index (κ3) is 3.85. The first kappa shape index (κ1) is 22.2. The normalized spacial score (nSPS) is 24.8. The lowest BCUT2D eigenvalue weighted by Gasteiger charge is -2.22. The second-order valence-corrected chi connectivity index (χ2v) is 9.55. The van der Waals surface area contributed by atoms with Gasteiger partial charge in [0, 0.05) is 12.0 Å². The van der Waals surface area contributed by atoms with E-state index in [0.717, 1.165) is 22.3 Å². The molecule has 0 saturated heterocycles. The van der Waals surface area contributed by atoms with Crippen molar-refractivity contribution in [3.05, 3.63) is 72.3 Å². The summed E-state index contributed by atoms with van der Waals surface area (Å²) >= 11 is 0. The predicted octanol–water partition coefficient (Wildman–Crippen LogP) is 3.84. The summed E-state index contributed by atoms with van der Waals surface area (Å²) in [6.45, 7) is 3.84. The van der Waals surface area contributed by atoms with Crippen LogP contribution in [0.2, 0.25) is 0 Å². The van der Waals surface area contributed by atoms with Crippen LogP contribution in [0.1, 0.15) is 42.7 Å². The molecule has 3 aliphatic carbocycles. The van der Waals surface area contributed by atoms with Gasteiger partial charge in [0.15, 0.2) is 0 Å². The molecule has 2 aromatic rings. The summed E-state index contributed by atoms with van der Waals surface area (Å²) in [5.74, 6) is -1.07. The van der Waals surface area contributed by atoms with Gasteiger partial charge in [-0.25, -0.2) is 4.79 Å². The van der Waals surface area contributed by atoms with Crippen LogP contribution in [0.3, 0.4) is 0 Å². The summed E-state index contributed by atoms with van der Waals surface area (Å²) in [7, 11) is 0. The first-order chi connectivity index (χ1) is 16.4. The molecule has 3 N–H and O–H groups in total. The van der Waals surface area contributed by atoms with Crippen LogP contribution in [-0.4, -0.2) is 41.8 Å². The molecule has 2 saturated carbocycles. The van der Waals surface area contributed by atoms with Crippen LogP contribution < -0.4 is 10.6 Å². The number of rotatable bonds is 8. The van der Waals surface area contributed by atoms with Crippen molar-refractivity contribution in [1.29, 1.82) is 0 Å². The number of nitrogens with one attached hydrogen (secondary N) is 2. The zero-order valence-electron chi connectivity index (χ0n) is 18.8. The number of hydrogen-bond donors (Lipinski definition) is 3. The quantitative estimate of drug-likeness (QED) is 0.519. The molecule has 4 atom stereocenters. The van der Waals surface area contributed by atoms with Crippen LogP contribution in [-0.2, 0) is 14.3 Å². The fourth-order valence-corrected chi connectivity index (χ4v) is 5.75. The number of benzene rings is 2. The molecule has 0 radical (unpaired) electrons. The summed E-state index contributed by atoms with van der Waals surface area (Å²) in [5.41, 5.74) is 3.84. The molecule has 2 fully saturated rings. The Morgan fingerprint density at radius 3 is 2.32 bits per heavy atom. The highest BCUT2D eigenvalue weighted by Gasteiger charge is 2.65. The van der Waals surface area contributed by atoms with Crippen LogP contribution in [0.4, 0.5) is 4.79 Å². The van der Waals surface area contributed by atoms with Gasteiger partial charge in [-0.2, -0.15) is 0 Å². The van der Waals surface area contributed by atoms with Crippen molar-refractivity contribution >= 4 is 18.0 Å². The minimum atomic E-state index is -0.828. The monoisotopic (exact) mass is 460 g/mol. The minimum Gasteiger partial charge on any atom is -0.481 e. The lowest BCUT2D eigenvalue weighted by atomic mass is 9.98. The highest BCUT2D eigenvalue weighted by Crippen LogP contribution is 2.63. The Kier molecular flexibility index (Phi) is 5.63. The van der Waals surface area contributed by atoms with E-state index in [4.69, 9.17) is 4.74 Å². The van der Waals surface area contributed by atoms with E-state index >= 15 is 0 Å². The fourth-order valence-electron chi connectivity index (χ4n) is 5.75. The molecule has 3 aliphatic rings. The molecule has 0 spiro atoms.